The van der Waals surface area contributed by atoms with E-state index in [-0.39, 0.29) is 5.69 Å². The third-order valence-corrected chi connectivity index (χ3v) is 4.54. The Morgan fingerprint density at radius 1 is 1.52 bits per heavy atom. The number of piperidine rings is 1. The van der Waals surface area contributed by atoms with Crippen LogP contribution in [0.25, 0.3) is 0 Å². The highest BCUT2D eigenvalue weighted by Gasteiger charge is 2.19. The zero-order valence-electron chi connectivity index (χ0n) is 12.2. The number of nitrogens with one attached hydrogen (secondary N) is 1. The zero-order valence-corrected chi connectivity index (χ0v) is 13.8. The van der Waals surface area contributed by atoms with Crippen molar-refractivity contribution in [3.05, 3.63) is 27.0 Å². The number of pyridine rings is 1. The summed E-state index contributed by atoms with van der Waals surface area (Å²) in [6, 6.07) is 0.653. The second-order valence-corrected chi connectivity index (χ2v) is 6.29. The molecule has 0 spiro atoms. The molecule has 1 unspecified atom stereocenters. The van der Waals surface area contributed by atoms with Crippen molar-refractivity contribution in [2.24, 2.45) is 0 Å². The lowest BCUT2D eigenvalue weighted by molar-refractivity contribution is -0.384. The van der Waals surface area contributed by atoms with Crippen molar-refractivity contribution in [2.45, 2.75) is 38.6 Å². The number of nitrogens with zero attached hydrogens (tertiary/aromatic N) is 3. The molecule has 0 saturated carbocycles. The van der Waals surface area contributed by atoms with Crippen molar-refractivity contribution >= 4 is 27.3 Å². The van der Waals surface area contributed by atoms with Crippen LogP contribution in [-0.2, 0) is 0 Å². The lowest BCUT2D eigenvalue weighted by atomic mass is 10.0. The highest BCUT2D eigenvalue weighted by atomic mass is 79.9. The summed E-state index contributed by atoms with van der Waals surface area (Å²) in [4.78, 5) is 16.9. The molecule has 7 heteroatoms. The van der Waals surface area contributed by atoms with Gasteiger partial charge in [-0.2, -0.15) is 0 Å². The summed E-state index contributed by atoms with van der Waals surface area (Å²) in [5, 5.41) is 14.2. The van der Waals surface area contributed by atoms with Crippen molar-refractivity contribution in [2.75, 3.05) is 25.0 Å². The molecule has 1 aliphatic heterocycles. The van der Waals surface area contributed by atoms with Crippen LogP contribution in [-0.4, -0.2) is 40.5 Å². The van der Waals surface area contributed by atoms with Gasteiger partial charge in [0.15, 0.2) is 0 Å². The quantitative estimate of drug-likeness (QED) is 0.480. The summed E-state index contributed by atoms with van der Waals surface area (Å²) in [5.41, 5.74) is 0.525. The molecular weight excluding hydrogens is 336 g/mol. The van der Waals surface area contributed by atoms with Crippen LogP contribution in [0, 0.1) is 10.1 Å². The number of aromatic nitrogens is 1. The number of hydrogen-bond acceptors (Lipinski definition) is 5. The molecule has 1 atom stereocenters. The Kier molecular flexibility index (Phi) is 5.93. The van der Waals surface area contributed by atoms with Gasteiger partial charge in [-0.15, -0.1) is 0 Å². The first kappa shape index (κ1) is 16.2. The molecule has 1 aromatic rings. The summed E-state index contributed by atoms with van der Waals surface area (Å²) in [5.74, 6) is 0. The van der Waals surface area contributed by atoms with Gasteiger partial charge in [-0.1, -0.05) is 6.42 Å². The molecule has 116 valence electrons. The van der Waals surface area contributed by atoms with Crippen LogP contribution >= 0.6 is 15.9 Å². The van der Waals surface area contributed by atoms with Gasteiger partial charge in [0.05, 0.1) is 9.40 Å². The minimum atomic E-state index is -0.410. The summed E-state index contributed by atoms with van der Waals surface area (Å²) < 4.78 is 0.628. The third-order valence-electron chi connectivity index (χ3n) is 3.94. The Hall–Kier alpha value is -1.21. The van der Waals surface area contributed by atoms with Gasteiger partial charge in [0.1, 0.15) is 11.9 Å². The van der Waals surface area contributed by atoms with E-state index in [1.807, 2.05) is 0 Å². The summed E-state index contributed by atoms with van der Waals surface area (Å²) >= 11 is 3.31. The van der Waals surface area contributed by atoms with Gasteiger partial charge in [0, 0.05) is 25.3 Å². The Labute approximate surface area is 133 Å². The van der Waals surface area contributed by atoms with E-state index in [9.17, 15) is 10.1 Å². The minimum Gasteiger partial charge on any atom is -0.378 e. The molecule has 0 radical (unpaired) electrons. The number of anilines is 1. The minimum absolute atomic E-state index is 0.00992. The lowest BCUT2D eigenvalue weighted by Crippen LogP contribution is -2.38. The molecule has 2 heterocycles. The van der Waals surface area contributed by atoms with Gasteiger partial charge < -0.3 is 10.2 Å². The molecule has 2 rings (SSSR count). The fraction of sp³-hybridized carbons (Fsp3) is 0.643. The number of nitro groups is 1. The molecule has 21 heavy (non-hydrogen) atoms. The maximum Gasteiger partial charge on any atom is 0.311 e. The first-order valence-electron chi connectivity index (χ1n) is 7.35. The molecule has 1 aromatic heterocycles. The number of hydrogen-bond donors (Lipinski definition) is 1. The smallest absolute Gasteiger partial charge is 0.311 e. The Bertz CT molecular complexity index is 498. The monoisotopic (exact) mass is 356 g/mol. The van der Waals surface area contributed by atoms with Crippen LogP contribution < -0.4 is 5.32 Å². The van der Waals surface area contributed by atoms with E-state index < -0.39 is 4.92 Å². The second kappa shape index (κ2) is 7.70. The van der Waals surface area contributed by atoms with Gasteiger partial charge in [0.2, 0.25) is 0 Å². The standard InChI is InChI=1S/C14H21BrN4O2/c1-11-5-2-3-7-18(11)8-4-6-17-14-12(15)9-16-10-13(14)19(20)21/h9-11H,2-8H2,1H3,(H,16,17). The highest BCUT2D eigenvalue weighted by molar-refractivity contribution is 9.10. The molecule has 0 aromatic carbocycles. The molecule has 1 N–H and O–H groups in total. The molecule has 1 saturated heterocycles. The van der Waals surface area contributed by atoms with Crippen LogP contribution in [0.3, 0.4) is 0 Å². The van der Waals surface area contributed by atoms with Gasteiger partial charge in [-0.05, 0) is 48.7 Å². The van der Waals surface area contributed by atoms with Crippen LogP contribution in [0.5, 0.6) is 0 Å². The third kappa shape index (κ3) is 4.38. The highest BCUT2D eigenvalue weighted by Crippen LogP contribution is 2.30. The Balaban J connectivity index is 1.85. The predicted molar refractivity (Wildman–Crippen MR) is 86.6 cm³/mol. The van der Waals surface area contributed by atoms with Gasteiger partial charge in [-0.25, -0.2) is 0 Å². The van der Waals surface area contributed by atoms with Crippen LogP contribution in [0.15, 0.2) is 16.9 Å². The SMILES string of the molecule is CC1CCCCN1CCCNc1c(Br)cncc1[N+](=O)[O-]. The summed E-state index contributed by atoms with van der Waals surface area (Å²) in [7, 11) is 0. The fourth-order valence-corrected chi connectivity index (χ4v) is 3.19. The van der Waals surface area contributed by atoms with Crippen LogP contribution in [0.4, 0.5) is 11.4 Å². The second-order valence-electron chi connectivity index (χ2n) is 5.43. The van der Waals surface area contributed by atoms with Crippen molar-refractivity contribution < 1.29 is 4.92 Å². The van der Waals surface area contributed by atoms with E-state index in [4.69, 9.17) is 0 Å². The van der Waals surface area contributed by atoms with Gasteiger partial charge in [-0.3, -0.25) is 15.1 Å². The molecule has 1 aliphatic rings. The summed E-state index contributed by atoms with van der Waals surface area (Å²) in [6.45, 7) is 5.19. The Morgan fingerprint density at radius 2 is 2.33 bits per heavy atom. The predicted octanol–water partition coefficient (Wildman–Crippen LogP) is 3.43. The van der Waals surface area contributed by atoms with E-state index in [1.165, 1.54) is 32.0 Å². The first-order chi connectivity index (χ1) is 10.1. The maximum atomic E-state index is 11.0. The molecule has 0 amide bonds. The Morgan fingerprint density at radius 3 is 3.05 bits per heavy atom. The van der Waals surface area contributed by atoms with Crippen molar-refractivity contribution in [3.63, 3.8) is 0 Å². The normalized spacial score (nSPS) is 19.4. The van der Waals surface area contributed by atoms with Crippen LogP contribution in [0.2, 0.25) is 0 Å². The van der Waals surface area contributed by atoms with E-state index in [0.29, 0.717) is 22.7 Å². The summed E-state index contributed by atoms with van der Waals surface area (Å²) in [6.07, 6.45) is 7.69. The van der Waals surface area contributed by atoms with Crippen molar-refractivity contribution in [1.82, 2.24) is 9.88 Å². The molecular formula is C14H21BrN4O2. The molecule has 0 bridgehead atoms. The van der Waals surface area contributed by atoms with Crippen molar-refractivity contribution in [3.8, 4) is 0 Å². The molecule has 6 nitrogen and oxygen atoms in total. The van der Waals surface area contributed by atoms with E-state index >= 15 is 0 Å². The number of likely N-dealkylation sites (tertiary alicyclic amines) is 1. The largest absolute Gasteiger partial charge is 0.378 e. The van der Waals surface area contributed by atoms with Crippen LogP contribution in [0.1, 0.15) is 32.6 Å². The fourth-order valence-electron chi connectivity index (χ4n) is 2.72. The first-order valence-corrected chi connectivity index (χ1v) is 8.14. The van der Waals surface area contributed by atoms with E-state index in [0.717, 1.165) is 13.0 Å². The van der Waals surface area contributed by atoms with Crippen molar-refractivity contribution in [1.29, 1.82) is 0 Å². The van der Waals surface area contributed by atoms with Gasteiger partial charge in [0.25, 0.3) is 0 Å². The van der Waals surface area contributed by atoms with E-state index in [1.54, 1.807) is 6.20 Å². The average molecular weight is 357 g/mol. The maximum absolute atomic E-state index is 11.0. The zero-order chi connectivity index (χ0) is 15.2. The lowest BCUT2D eigenvalue weighted by Gasteiger charge is -2.33. The molecule has 0 aliphatic carbocycles. The number of rotatable bonds is 6. The number of halogens is 1. The van der Waals surface area contributed by atoms with Gasteiger partial charge >= 0.3 is 5.69 Å². The topological polar surface area (TPSA) is 71.3 Å². The molecule has 1 fully saturated rings. The average Bonchev–Trinajstić information content (AvgIpc) is 2.46. The van der Waals surface area contributed by atoms with E-state index in [2.05, 4.69) is 38.1 Å².